The van der Waals surface area contributed by atoms with Crippen LogP contribution in [-0.4, -0.2) is 24.2 Å². The van der Waals surface area contributed by atoms with Crippen LogP contribution in [0.25, 0.3) is 0 Å². The molecule has 0 amide bonds. The van der Waals surface area contributed by atoms with Crippen LogP contribution in [0.15, 0.2) is 23.4 Å². The number of nitrogens with one attached hydrogen (secondary N) is 1. The second-order valence-corrected chi connectivity index (χ2v) is 5.77. The molecule has 0 aliphatic heterocycles. The number of oxime groups is 1. The van der Waals surface area contributed by atoms with Crippen LogP contribution in [0.3, 0.4) is 0 Å². The molecular weight excluding hydrogens is 266 g/mol. The molecule has 0 bridgehead atoms. The van der Waals surface area contributed by atoms with Gasteiger partial charge in [-0.25, -0.2) is 0 Å². The number of rotatable bonds is 5. The maximum atomic E-state index is 8.78. The zero-order valence-electron chi connectivity index (χ0n) is 12.8. The summed E-state index contributed by atoms with van der Waals surface area (Å²) in [4.78, 5) is 0. The standard InChI is InChI=1S/C16H25N3O2/c1-11-5-3-4-6-14(11)18-10-12-7-8-13(16(17)19-20)15(9-12)21-2/h7-9,11,14,18,20H,3-6,10H2,1-2H3,(H2,17,19). The minimum absolute atomic E-state index is 0.0623. The first kappa shape index (κ1) is 15.6. The summed E-state index contributed by atoms with van der Waals surface area (Å²) in [5.74, 6) is 1.42. The van der Waals surface area contributed by atoms with Crippen LogP contribution in [0.4, 0.5) is 0 Å². The SMILES string of the molecule is COc1cc(CNC2CCCCC2C)ccc1/C(N)=N/O. The minimum atomic E-state index is 0.0623. The zero-order valence-corrected chi connectivity index (χ0v) is 12.8. The van der Waals surface area contributed by atoms with Gasteiger partial charge >= 0.3 is 0 Å². The number of ether oxygens (including phenoxy) is 1. The highest BCUT2D eigenvalue weighted by Crippen LogP contribution is 2.25. The average Bonchev–Trinajstić information content (AvgIpc) is 2.53. The van der Waals surface area contributed by atoms with Crippen molar-refractivity contribution in [2.45, 2.75) is 45.2 Å². The molecule has 1 aliphatic rings. The van der Waals surface area contributed by atoms with Gasteiger partial charge in [0, 0.05) is 12.6 Å². The first-order valence-electron chi connectivity index (χ1n) is 7.54. The first-order valence-corrected chi connectivity index (χ1v) is 7.54. The number of amidine groups is 1. The van der Waals surface area contributed by atoms with Gasteiger partial charge in [0.2, 0.25) is 0 Å². The van der Waals surface area contributed by atoms with E-state index in [-0.39, 0.29) is 5.84 Å². The normalized spacial score (nSPS) is 23.0. The fourth-order valence-electron chi connectivity index (χ4n) is 2.98. The molecule has 116 valence electrons. The van der Waals surface area contributed by atoms with Crippen molar-refractivity contribution < 1.29 is 9.94 Å². The quantitative estimate of drug-likeness (QED) is 0.337. The van der Waals surface area contributed by atoms with Gasteiger partial charge in [0.15, 0.2) is 5.84 Å². The van der Waals surface area contributed by atoms with E-state index < -0.39 is 0 Å². The summed E-state index contributed by atoms with van der Waals surface area (Å²) in [6.07, 6.45) is 5.22. The molecular formula is C16H25N3O2. The number of hydrogen-bond acceptors (Lipinski definition) is 4. The third-order valence-corrected chi connectivity index (χ3v) is 4.33. The van der Waals surface area contributed by atoms with E-state index in [4.69, 9.17) is 15.7 Å². The summed E-state index contributed by atoms with van der Waals surface area (Å²) < 4.78 is 5.32. The van der Waals surface area contributed by atoms with E-state index >= 15 is 0 Å². The molecule has 0 saturated heterocycles. The van der Waals surface area contributed by atoms with Gasteiger partial charge in [0.25, 0.3) is 0 Å². The molecule has 0 radical (unpaired) electrons. The molecule has 2 rings (SSSR count). The van der Waals surface area contributed by atoms with E-state index in [2.05, 4.69) is 17.4 Å². The minimum Gasteiger partial charge on any atom is -0.496 e. The fraction of sp³-hybridized carbons (Fsp3) is 0.562. The Balaban J connectivity index is 2.04. The Kier molecular flexibility index (Phi) is 5.44. The summed E-state index contributed by atoms with van der Waals surface area (Å²) >= 11 is 0. The fourth-order valence-corrected chi connectivity index (χ4v) is 2.98. The van der Waals surface area contributed by atoms with Crippen molar-refractivity contribution in [1.82, 2.24) is 5.32 Å². The molecule has 0 aromatic heterocycles. The largest absolute Gasteiger partial charge is 0.496 e. The van der Waals surface area contributed by atoms with Crippen LogP contribution in [-0.2, 0) is 6.54 Å². The zero-order chi connectivity index (χ0) is 15.2. The van der Waals surface area contributed by atoms with Crippen molar-refractivity contribution in [3.05, 3.63) is 29.3 Å². The van der Waals surface area contributed by atoms with E-state index in [0.717, 1.165) is 18.0 Å². The van der Waals surface area contributed by atoms with Gasteiger partial charge in [-0.05, 0) is 36.5 Å². The number of methoxy groups -OCH3 is 1. The molecule has 2 atom stereocenters. The average molecular weight is 291 g/mol. The summed E-state index contributed by atoms with van der Waals surface area (Å²) in [5.41, 5.74) is 7.38. The lowest BCUT2D eigenvalue weighted by Gasteiger charge is -2.29. The van der Waals surface area contributed by atoms with Gasteiger partial charge in [-0.15, -0.1) is 0 Å². The molecule has 2 unspecified atom stereocenters. The van der Waals surface area contributed by atoms with Crippen molar-refractivity contribution in [2.24, 2.45) is 16.8 Å². The lowest BCUT2D eigenvalue weighted by Crippen LogP contribution is -2.36. The van der Waals surface area contributed by atoms with Crippen LogP contribution in [0, 0.1) is 5.92 Å². The van der Waals surface area contributed by atoms with Crippen LogP contribution < -0.4 is 15.8 Å². The summed E-state index contributed by atoms with van der Waals surface area (Å²) in [6.45, 7) is 3.13. The third kappa shape index (κ3) is 3.88. The van der Waals surface area contributed by atoms with E-state index in [9.17, 15) is 0 Å². The molecule has 1 fully saturated rings. The summed E-state index contributed by atoms with van der Waals surface area (Å²) in [5, 5.41) is 15.4. The van der Waals surface area contributed by atoms with Crippen molar-refractivity contribution in [3.8, 4) is 5.75 Å². The topological polar surface area (TPSA) is 79.9 Å². The highest BCUT2D eigenvalue weighted by Gasteiger charge is 2.20. The number of benzene rings is 1. The number of nitrogens with zero attached hydrogens (tertiary/aromatic N) is 1. The third-order valence-electron chi connectivity index (χ3n) is 4.33. The molecule has 1 aromatic rings. The molecule has 1 aliphatic carbocycles. The predicted octanol–water partition coefficient (Wildman–Crippen LogP) is 2.46. The molecule has 4 N–H and O–H groups in total. The van der Waals surface area contributed by atoms with Crippen molar-refractivity contribution >= 4 is 5.84 Å². The van der Waals surface area contributed by atoms with Gasteiger partial charge in [-0.2, -0.15) is 0 Å². The van der Waals surface area contributed by atoms with E-state index in [1.165, 1.54) is 25.7 Å². The Morgan fingerprint density at radius 3 is 2.86 bits per heavy atom. The van der Waals surface area contributed by atoms with E-state index in [1.807, 2.05) is 18.2 Å². The molecule has 1 aromatic carbocycles. The van der Waals surface area contributed by atoms with Gasteiger partial charge in [-0.3, -0.25) is 0 Å². The van der Waals surface area contributed by atoms with Crippen LogP contribution in [0.1, 0.15) is 43.7 Å². The molecule has 0 spiro atoms. The Bertz CT molecular complexity index is 502. The molecule has 5 heteroatoms. The van der Waals surface area contributed by atoms with Crippen LogP contribution in [0.2, 0.25) is 0 Å². The maximum Gasteiger partial charge on any atom is 0.173 e. The summed E-state index contributed by atoms with van der Waals surface area (Å²) in [6, 6.07) is 6.34. The highest BCUT2D eigenvalue weighted by atomic mass is 16.5. The van der Waals surface area contributed by atoms with Gasteiger partial charge in [-0.1, -0.05) is 31.0 Å². The van der Waals surface area contributed by atoms with Crippen LogP contribution >= 0.6 is 0 Å². The Morgan fingerprint density at radius 2 is 2.19 bits per heavy atom. The van der Waals surface area contributed by atoms with Gasteiger partial charge in [0.1, 0.15) is 5.75 Å². The second kappa shape index (κ2) is 7.31. The maximum absolute atomic E-state index is 8.78. The van der Waals surface area contributed by atoms with Crippen LogP contribution in [0.5, 0.6) is 5.75 Å². The van der Waals surface area contributed by atoms with E-state index in [0.29, 0.717) is 17.4 Å². The lowest BCUT2D eigenvalue weighted by molar-refractivity contribution is 0.279. The highest BCUT2D eigenvalue weighted by molar-refractivity contribution is 5.99. The van der Waals surface area contributed by atoms with Gasteiger partial charge in [0.05, 0.1) is 12.7 Å². The smallest absolute Gasteiger partial charge is 0.173 e. The summed E-state index contributed by atoms with van der Waals surface area (Å²) in [7, 11) is 1.59. The predicted molar refractivity (Wildman–Crippen MR) is 83.8 cm³/mol. The van der Waals surface area contributed by atoms with E-state index in [1.54, 1.807) is 7.11 Å². The molecule has 5 nitrogen and oxygen atoms in total. The Morgan fingerprint density at radius 1 is 1.43 bits per heavy atom. The molecule has 21 heavy (non-hydrogen) atoms. The van der Waals surface area contributed by atoms with Gasteiger partial charge < -0.3 is 21.0 Å². The van der Waals surface area contributed by atoms with Crippen molar-refractivity contribution in [3.63, 3.8) is 0 Å². The van der Waals surface area contributed by atoms with Crippen molar-refractivity contribution in [1.29, 1.82) is 0 Å². The second-order valence-electron chi connectivity index (χ2n) is 5.77. The van der Waals surface area contributed by atoms with Crippen molar-refractivity contribution in [2.75, 3.05) is 7.11 Å². The molecule has 0 heterocycles. The monoisotopic (exact) mass is 291 g/mol. The Hall–Kier alpha value is -1.75. The first-order chi connectivity index (χ1) is 10.2. The lowest BCUT2D eigenvalue weighted by atomic mass is 9.86. The number of nitrogens with two attached hydrogens (primary N) is 1. The molecule has 1 saturated carbocycles. The number of hydrogen-bond donors (Lipinski definition) is 3. The Labute approximate surface area is 126 Å².